The SMILES string of the molecule is CCCCc1ccc2ccc(-c3c4ccccc4c(-c4ccc(-c5ccccn5)cc4)c4ccccc34)cc2c1. The molecule has 0 aliphatic heterocycles. The second-order valence-corrected chi connectivity index (χ2v) is 10.6. The van der Waals surface area contributed by atoms with Gasteiger partial charge >= 0.3 is 0 Å². The van der Waals surface area contributed by atoms with Gasteiger partial charge in [-0.25, -0.2) is 0 Å². The fraction of sp³-hybridized carbons (Fsp3) is 0.103. The van der Waals surface area contributed by atoms with Crippen LogP contribution in [0, 0.1) is 0 Å². The standard InChI is InChI=1S/C39H31N/c1-2-3-10-27-16-17-28-18-23-31(26-32(28)25-27)39-35-13-6-4-11-33(35)38(34-12-5-7-14-36(34)39)30-21-19-29(20-22-30)37-15-8-9-24-40-37/h4-9,11-26H,2-3,10H2,1H3. The molecule has 192 valence electrons. The minimum Gasteiger partial charge on any atom is -0.256 e. The predicted octanol–water partition coefficient (Wildman–Crippen LogP) is 10.9. The molecule has 0 amide bonds. The fourth-order valence-electron chi connectivity index (χ4n) is 6.08. The van der Waals surface area contributed by atoms with Gasteiger partial charge in [-0.1, -0.05) is 123 Å². The molecule has 1 heterocycles. The third kappa shape index (κ3) is 4.34. The normalized spacial score (nSPS) is 11.4. The molecule has 0 fully saturated rings. The number of aromatic nitrogens is 1. The van der Waals surface area contributed by atoms with Crippen LogP contribution in [0.25, 0.3) is 65.8 Å². The van der Waals surface area contributed by atoms with Gasteiger partial charge < -0.3 is 0 Å². The van der Waals surface area contributed by atoms with E-state index in [1.54, 1.807) is 0 Å². The molecule has 0 N–H and O–H groups in total. The summed E-state index contributed by atoms with van der Waals surface area (Å²) < 4.78 is 0. The third-order valence-electron chi connectivity index (χ3n) is 8.08. The van der Waals surface area contributed by atoms with E-state index in [-0.39, 0.29) is 0 Å². The Bertz CT molecular complexity index is 1910. The highest BCUT2D eigenvalue weighted by Crippen LogP contribution is 2.44. The number of hydrogen-bond donors (Lipinski definition) is 0. The van der Waals surface area contributed by atoms with Crippen molar-refractivity contribution in [2.75, 3.05) is 0 Å². The minimum atomic E-state index is 0.994. The number of benzene rings is 6. The van der Waals surface area contributed by atoms with Crippen LogP contribution in [0.3, 0.4) is 0 Å². The molecule has 6 aromatic carbocycles. The van der Waals surface area contributed by atoms with Gasteiger partial charge in [0.2, 0.25) is 0 Å². The van der Waals surface area contributed by atoms with E-state index in [9.17, 15) is 0 Å². The molecule has 40 heavy (non-hydrogen) atoms. The van der Waals surface area contributed by atoms with Gasteiger partial charge in [-0.15, -0.1) is 0 Å². The van der Waals surface area contributed by atoms with E-state index in [1.807, 2.05) is 18.3 Å². The van der Waals surface area contributed by atoms with E-state index in [0.717, 1.165) is 17.7 Å². The van der Waals surface area contributed by atoms with Gasteiger partial charge in [0.15, 0.2) is 0 Å². The molecule has 0 saturated carbocycles. The molecular formula is C39H31N. The monoisotopic (exact) mass is 513 g/mol. The first-order valence-corrected chi connectivity index (χ1v) is 14.3. The number of pyridine rings is 1. The van der Waals surface area contributed by atoms with Crippen LogP contribution in [-0.2, 0) is 6.42 Å². The van der Waals surface area contributed by atoms with E-state index in [1.165, 1.54) is 73.0 Å². The van der Waals surface area contributed by atoms with Crippen LogP contribution in [0.15, 0.2) is 134 Å². The summed E-state index contributed by atoms with van der Waals surface area (Å²) >= 11 is 0. The lowest BCUT2D eigenvalue weighted by Gasteiger charge is -2.18. The number of nitrogens with zero attached hydrogens (tertiary/aromatic N) is 1. The highest BCUT2D eigenvalue weighted by atomic mass is 14.7. The highest BCUT2D eigenvalue weighted by Gasteiger charge is 2.17. The molecule has 0 aliphatic rings. The summed E-state index contributed by atoms with van der Waals surface area (Å²) in [5.74, 6) is 0. The van der Waals surface area contributed by atoms with E-state index in [0.29, 0.717) is 0 Å². The van der Waals surface area contributed by atoms with Crippen molar-refractivity contribution in [1.82, 2.24) is 4.98 Å². The molecule has 7 aromatic rings. The zero-order valence-electron chi connectivity index (χ0n) is 22.8. The molecular weight excluding hydrogens is 482 g/mol. The van der Waals surface area contributed by atoms with Crippen LogP contribution in [0.4, 0.5) is 0 Å². The van der Waals surface area contributed by atoms with Crippen LogP contribution in [-0.4, -0.2) is 4.98 Å². The number of aryl methyl sites for hydroxylation is 1. The summed E-state index contributed by atoms with van der Waals surface area (Å²) in [6.45, 7) is 2.26. The van der Waals surface area contributed by atoms with Crippen molar-refractivity contribution in [1.29, 1.82) is 0 Å². The Morgan fingerprint density at radius 3 is 1.70 bits per heavy atom. The zero-order valence-corrected chi connectivity index (χ0v) is 22.8. The van der Waals surface area contributed by atoms with Gasteiger partial charge in [0, 0.05) is 11.8 Å². The second-order valence-electron chi connectivity index (χ2n) is 10.6. The Morgan fingerprint density at radius 2 is 1.07 bits per heavy atom. The van der Waals surface area contributed by atoms with Crippen molar-refractivity contribution in [3.05, 3.63) is 139 Å². The Kier molecular flexibility index (Phi) is 6.34. The first-order chi connectivity index (χ1) is 19.8. The summed E-state index contributed by atoms with van der Waals surface area (Å²) in [5, 5.41) is 7.73. The van der Waals surface area contributed by atoms with Gasteiger partial charge in [-0.05, 0) is 91.2 Å². The molecule has 0 bridgehead atoms. The minimum absolute atomic E-state index is 0.994. The van der Waals surface area contributed by atoms with Crippen LogP contribution < -0.4 is 0 Å². The summed E-state index contributed by atoms with van der Waals surface area (Å²) in [7, 11) is 0. The average molecular weight is 514 g/mol. The smallest absolute Gasteiger partial charge is 0.0701 e. The molecule has 7 rings (SSSR count). The van der Waals surface area contributed by atoms with Crippen molar-refractivity contribution in [3.63, 3.8) is 0 Å². The second kappa shape index (κ2) is 10.4. The molecule has 1 nitrogen and oxygen atoms in total. The Balaban J connectivity index is 1.44. The average Bonchev–Trinajstić information content (AvgIpc) is 3.02. The maximum absolute atomic E-state index is 4.54. The van der Waals surface area contributed by atoms with Gasteiger partial charge in [-0.2, -0.15) is 0 Å². The maximum atomic E-state index is 4.54. The Labute approximate surface area is 235 Å². The Morgan fingerprint density at radius 1 is 0.500 bits per heavy atom. The zero-order chi connectivity index (χ0) is 26.9. The van der Waals surface area contributed by atoms with Crippen LogP contribution in [0.2, 0.25) is 0 Å². The van der Waals surface area contributed by atoms with E-state index in [2.05, 4.69) is 127 Å². The Hall–Kier alpha value is -4.75. The lowest BCUT2D eigenvalue weighted by atomic mass is 9.85. The van der Waals surface area contributed by atoms with Gasteiger partial charge in [0.25, 0.3) is 0 Å². The summed E-state index contributed by atoms with van der Waals surface area (Å²) in [5.41, 5.74) is 8.62. The number of unbranched alkanes of at least 4 members (excludes halogenated alkanes) is 1. The number of hydrogen-bond acceptors (Lipinski definition) is 1. The highest BCUT2D eigenvalue weighted by molar-refractivity contribution is 6.21. The molecule has 1 aromatic heterocycles. The van der Waals surface area contributed by atoms with Crippen molar-refractivity contribution in [2.45, 2.75) is 26.2 Å². The van der Waals surface area contributed by atoms with Crippen LogP contribution in [0.5, 0.6) is 0 Å². The van der Waals surface area contributed by atoms with E-state index < -0.39 is 0 Å². The largest absolute Gasteiger partial charge is 0.256 e. The summed E-state index contributed by atoms with van der Waals surface area (Å²) in [6, 6.07) is 46.6. The topological polar surface area (TPSA) is 12.9 Å². The molecule has 0 aliphatic carbocycles. The lowest BCUT2D eigenvalue weighted by Crippen LogP contribution is -1.91. The van der Waals surface area contributed by atoms with E-state index in [4.69, 9.17) is 0 Å². The number of fused-ring (bicyclic) bond motifs is 3. The summed E-state index contributed by atoms with van der Waals surface area (Å²) in [4.78, 5) is 4.54. The van der Waals surface area contributed by atoms with Crippen molar-refractivity contribution in [2.24, 2.45) is 0 Å². The molecule has 0 spiro atoms. The van der Waals surface area contributed by atoms with Crippen LogP contribution in [0.1, 0.15) is 25.3 Å². The first-order valence-electron chi connectivity index (χ1n) is 14.3. The quantitative estimate of drug-likeness (QED) is 0.202. The maximum Gasteiger partial charge on any atom is 0.0701 e. The molecule has 1 heteroatoms. The summed E-state index contributed by atoms with van der Waals surface area (Å²) in [6.07, 6.45) is 5.43. The van der Waals surface area contributed by atoms with Gasteiger partial charge in [0.05, 0.1) is 5.69 Å². The predicted molar refractivity (Wildman–Crippen MR) is 172 cm³/mol. The lowest BCUT2D eigenvalue weighted by molar-refractivity contribution is 0.796. The first kappa shape index (κ1) is 24.3. The van der Waals surface area contributed by atoms with E-state index >= 15 is 0 Å². The van der Waals surface area contributed by atoms with Gasteiger partial charge in [0.1, 0.15) is 0 Å². The third-order valence-corrected chi connectivity index (χ3v) is 8.08. The van der Waals surface area contributed by atoms with Gasteiger partial charge in [-0.3, -0.25) is 4.98 Å². The molecule has 0 atom stereocenters. The molecule has 0 unspecified atom stereocenters. The fourth-order valence-corrected chi connectivity index (χ4v) is 6.08. The van der Waals surface area contributed by atoms with Crippen LogP contribution >= 0.6 is 0 Å². The molecule has 0 radical (unpaired) electrons. The number of rotatable bonds is 6. The van der Waals surface area contributed by atoms with Crippen molar-refractivity contribution < 1.29 is 0 Å². The van der Waals surface area contributed by atoms with Crippen molar-refractivity contribution in [3.8, 4) is 33.5 Å². The van der Waals surface area contributed by atoms with Crippen molar-refractivity contribution >= 4 is 32.3 Å². The molecule has 0 saturated heterocycles.